The predicted molar refractivity (Wildman–Crippen MR) is 200 cm³/mol. The highest BCUT2D eigenvalue weighted by molar-refractivity contribution is 6.21. The molecule has 0 spiro atoms. The summed E-state index contributed by atoms with van der Waals surface area (Å²) in [5, 5.41) is 11.0. The molecule has 0 heterocycles. The van der Waals surface area contributed by atoms with Gasteiger partial charge in [-0.25, -0.2) is 0 Å². The molecule has 8 aromatic rings. The molecule has 0 amide bonds. The molecule has 0 saturated carbocycles. The first-order valence-corrected chi connectivity index (χ1v) is 15.6. The normalized spacial score (nSPS) is 10.8. The van der Waals surface area contributed by atoms with Crippen LogP contribution in [0, 0.1) is 6.92 Å². The number of rotatable bonds is 5. The molecular formula is C44H34N2. The van der Waals surface area contributed by atoms with Gasteiger partial charge in [0.2, 0.25) is 0 Å². The summed E-state index contributed by atoms with van der Waals surface area (Å²) in [5.74, 6) is 0. The Hall–Kier alpha value is -5.99. The van der Waals surface area contributed by atoms with Crippen LogP contribution in [0.3, 0.4) is 0 Å². The minimum atomic E-state index is 0.836. The van der Waals surface area contributed by atoms with Crippen molar-refractivity contribution in [2.45, 2.75) is 6.92 Å². The molecule has 220 valence electrons. The average Bonchev–Trinajstić information content (AvgIpc) is 3.11. The molecule has 0 fully saturated rings. The molecule has 8 rings (SSSR count). The summed E-state index contributed by atoms with van der Waals surface area (Å²) in [4.78, 5) is 4.14. The minimum Gasteiger partial charge on any atom is -0.354 e. The molecular weight excluding hydrogens is 556 g/mol. The van der Waals surface area contributed by atoms with Gasteiger partial charge in [0, 0.05) is 5.69 Å². The van der Waals surface area contributed by atoms with E-state index in [2.05, 4.69) is 151 Å². The predicted octanol–water partition coefficient (Wildman–Crippen LogP) is 12.6. The van der Waals surface area contributed by atoms with Crippen LogP contribution in [-0.4, -0.2) is 6.72 Å². The van der Waals surface area contributed by atoms with Crippen LogP contribution in [0.5, 0.6) is 0 Å². The van der Waals surface area contributed by atoms with E-state index in [0.29, 0.717) is 0 Å². The number of fused-ring (bicyclic) bond motifs is 3. The van der Waals surface area contributed by atoms with Crippen LogP contribution in [0.2, 0.25) is 0 Å². The van der Waals surface area contributed by atoms with E-state index in [1.54, 1.807) is 0 Å². The number of nitrogens with one attached hydrogen (secondary N) is 1. The molecule has 0 aliphatic rings. The molecule has 0 bridgehead atoms. The first kappa shape index (κ1) is 28.8. The zero-order valence-corrected chi connectivity index (χ0v) is 25.8. The fourth-order valence-corrected chi connectivity index (χ4v) is 6.22. The van der Waals surface area contributed by atoms with Crippen LogP contribution < -0.4 is 5.32 Å². The molecule has 0 saturated heterocycles. The van der Waals surface area contributed by atoms with Crippen molar-refractivity contribution in [2.24, 2.45) is 4.99 Å². The molecule has 0 aliphatic heterocycles. The van der Waals surface area contributed by atoms with Gasteiger partial charge in [0.25, 0.3) is 0 Å². The summed E-state index contributed by atoms with van der Waals surface area (Å²) < 4.78 is 0. The standard InChI is InChI=1S/C37H26N2.C7H8/c1-38-34-16-8-9-17-35(34)39-29-22-20-26(21-23-29)36-30-12-4-6-14-32(30)37(33-15-7-5-13-31(33)36)28-19-18-25-10-2-3-11-27(25)24-28;1-7-5-3-2-4-6-7/h2-24,39H,1H2;2-6H,1H3. The molecule has 2 heteroatoms. The van der Waals surface area contributed by atoms with Gasteiger partial charge >= 0.3 is 0 Å². The quantitative estimate of drug-likeness (QED) is 0.156. The van der Waals surface area contributed by atoms with Crippen LogP contribution in [0.1, 0.15) is 5.56 Å². The number of benzene rings is 8. The highest BCUT2D eigenvalue weighted by Crippen LogP contribution is 2.44. The van der Waals surface area contributed by atoms with Gasteiger partial charge in [-0.3, -0.25) is 4.99 Å². The van der Waals surface area contributed by atoms with Gasteiger partial charge in [0.05, 0.1) is 11.4 Å². The Morgan fingerprint density at radius 2 is 0.957 bits per heavy atom. The SMILES string of the molecule is C=Nc1ccccc1Nc1ccc(-c2c3ccccc3c(-c3ccc4ccccc4c3)c3ccccc23)cc1.Cc1ccccc1. The van der Waals surface area contributed by atoms with E-state index >= 15 is 0 Å². The number of hydrogen-bond donors (Lipinski definition) is 1. The molecule has 46 heavy (non-hydrogen) atoms. The van der Waals surface area contributed by atoms with Crippen molar-refractivity contribution >= 4 is 56.1 Å². The van der Waals surface area contributed by atoms with E-state index in [4.69, 9.17) is 0 Å². The summed E-state index contributed by atoms with van der Waals surface area (Å²) in [6, 6.07) is 59.8. The fraction of sp³-hybridized carbons (Fsp3) is 0.0227. The van der Waals surface area contributed by atoms with Gasteiger partial charge < -0.3 is 5.32 Å². The fourth-order valence-electron chi connectivity index (χ4n) is 6.22. The first-order valence-electron chi connectivity index (χ1n) is 15.6. The lowest BCUT2D eigenvalue weighted by Crippen LogP contribution is -1.92. The Kier molecular flexibility index (Phi) is 8.09. The maximum absolute atomic E-state index is 4.14. The summed E-state index contributed by atoms with van der Waals surface area (Å²) >= 11 is 0. The molecule has 0 aromatic heterocycles. The minimum absolute atomic E-state index is 0.836. The highest BCUT2D eigenvalue weighted by atomic mass is 14.9. The van der Waals surface area contributed by atoms with Crippen molar-refractivity contribution < 1.29 is 0 Å². The average molecular weight is 591 g/mol. The number of aryl methyl sites for hydroxylation is 1. The topological polar surface area (TPSA) is 24.4 Å². The van der Waals surface area contributed by atoms with Crippen LogP contribution in [0.15, 0.2) is 175 Å². The van der Waals surface area contributed by atoms with E-state index < -0.39 is 0 Å². The van der Waals surface area contributed by atoms with E-state index in [1.807, 2.05) is 42.5 Å². The second-order valence-corrected chi connectivity index (χ2v) is 11.4. The van der Waals surface area contributed by atoms with E-state index in [1.165, 1.54) is 60.1 Å². The van der Waals surface area contributed by atoms with Crippen molar-refractivity contribution in [3.63, 3.8) is 0 Å². The summed E-state index contributed by atoms with van der Waals surface area (Å²) in [6.45, 7) is 5.78. The zero-order chi connectivity index (χ0) is 31.3. The van der Waals surface area contributed by atoms with Crippen LogP contribution >= 0.6 is 0 Å². The number of para-hydroxylation sites is 2. The van der Waals surface area contributed by atoms with Crippen molar-refractivity contribution in [1.29, 1.82) is 0 Å². The highest BCUT2D eigenvalue weighted by Gasteiger charge is 2.16. The van der Waals surface area contributed by atoms with Crippen molar-refractivity contribution in [1.82, 2.24) is 0 Å². The Bertz CT molecular complexity index is 2240. The monoisotopic (exact) mass is 590 g/mol. The van der Waals surface area contributed by atoms with Crippen LogP contribution in [0.4, 0.5) is 17.1 Å². The third-order valence-corrected chi connectivity index (χ3v) is 8.44. The third kappa shape index (κ3) is 5.77. The van der Waals surface area contributed by atoms with Crippen LogP contribution in [-0.2, 0) is 0 Å². The van der Waals surface area contributed by atoms with Crippen LogP contribution in [0.25, 0.3) is 54.6 Å². The van der Waals surface area contributed by atoms with Gasteiger partial charge in [0.15, 0.2) is 0 Å². The zero-order valence-electron chi connectivity index (χ0n) is 25.8. The smallest absolute Gasteiger partial charge is 0.0857 e. The Balaban J connectivity index is 0.000000430. The van der Waals surface area contributed by atoms with Gasteiger partial charge in [-0.1, -0.05) is 145 Å². The molecule has 0 radical (unpaired) electrons. The summed E-state index contributed by atoms with van der Waals surface area (Å²) in [5.41, 5.74) is 9.07. The maximum atomic E-state index is 4.14. The number of aliphatic imine (C=N–C) groups is 1. The second kappa shape index (κ2) is 12.9. The van der Waals surface area contributed by atoms with Gasteiger partial charge in [-0.05, 0) is 98.5 Å². The first-order chi connectivity index (χ1) is 22.7. The molecule has 8 aromatic carbocycles. The van der Waals surface area contributed by atoms with Gasteiger partial charge in [0.1, 0.15) is 0 Å². The Labute approximate surface area is 270 Å². The number of nitrogens with zero attached hydrogens (tertiary/aromatic N) is 1. The lowest BCUT2D eigenvalue weighted by Gasteiger charge is -2.18. The van der Waals surface area contributed by atoms with E-state index in [0.717, 1.165) is 17.1 Å². The summed E-state index contributed by atoms with van der Waals surface area (Å²) in [6.07, 6.45) is 0. The number of anilines is 2. The van der Waals surface area contributed by atoms with Crippen molar-refractivity contribution in [2.75, 3.05) is 5.32 Å². The van der Waals surface area contributed by atoms with Gasteiger partial charge in [-0.15, -0.1) is 0 Å². The van der Waals surface area contributed by atoms with Crippen molar-refractivity contribution in [3.05, 3.63) is 175 Å². The third-order valence-electron chi connectivity index (χ3n) is 8.44. The van der Waals surface area contributed by atoms with E-state index in [-0.39, 0.29) is 0 Å². The second-order valence-electron chi connectivity index (χ2n) is 11.4. The number of hydrogen-bond acceptors (Lipinski definition) is 2. The largest absolute Gasteiger partial charge is 0.354 e. The lowest BCUT2D eigenvalue weighted by molar-refractivity contribution is 1.48. The molecule has 0 unspecified atom stereocenters. The molecule has 0 aliphatic carbocycles. The lowest BCUT2D eigenvalue weighted by atomic mass is 9.85. The molecule has 1 N–H and O–H groups in total. The molecule has 2 nitrogen and oxygen atoms in total. The van der Waals surface area contributed by atoms with E-state index in [9.17, 15) is 0 Å². The maximum Gasteiger partial charge on any atom is 0.0857 e. The Morgan fingerprint density at radius 3 is 1.54 bits per heavy atom. The molecule has 0 atom stereocenters. The van der Waals surface area contributed by atoms with Crippen molar-refractivity contribution in [3.8, 4) is 22.3 Å². The van der Waals surface area contributed by atoms with Gasteiger partial charge in [-0.2, -0.15) is 0 Å². The summed E-state index contributed by atoms with van der Waals surface area (Å²) in [7, 11) is 0. The Morgan fingerprint density at radius 1 is 0.457 bits per heavy atom.